The number of halogens is 4. The van der Waals surface area contributed by atoms with E-state index in [-0.39, 0.29) is 10.2 Å². The van der Waals surface area contributed by atoms with Gasteiger partial charge >= 0.3 is 17.3 Å². The van der Waals surface area contributed by atoms with Crippen LogP contribution in [0.1, 0.15) is 5.69 Å². The average Bonchev–Trinajstić information content (AvgIpc) is 2.34. The van der Waals surface area contributed by atoms with Gasteiger partial charge in [-0.3, -0.25) is 19.4 Å². The lowest BCUT2D eigenvalue weighted by atomic mass is 10.4. The van der Waals surface area contributed by atoms with Gasteiger partial charge in [0.05, 0.1) is 0 Å². The highest BCUT2D eigenvalue weighted by Gasteiger charge is 2.33. The fourth-order valence-corrected chi connectivity index (χ4v) is 2.27. The van der Waals surface area contributed by atoms with Crippen molar-refractivity contribution in [1.29, 1.82) is 0 Å². The second-order valence-corrected chi connectivity index (χ2v) is 4.99. The third-order valence-electron chi connectivity index (χ3n) is 2.11. The molecule has 2 aromatic heterocycles. The van der Waals surface area contributed by atoms with Crippen LogP contribution in [0.4, 0.5) is 13.2 Å². The second kappa shape index (κ2) is 5.48. The minimum absolute atomic E-state index is 0.0532. The maximum Gasteiger partial charge on any atom is 0.433 e. The number of aryl methyl sites for hydroxylation is 1. The van der Waals surface area contributed by atoms with E-state index in [9.17, 15) is 22.8 Å². The second-order valence-electron chi connectivity index (χ2n) is 3.66. The van der Waals surface area contributed by atoms with Crippen LogP contribution in [0.15, 0.2) is 25.8 Å². The zero-order chi connectivity index (χ0) is 15.8. The third-order valence-corrected chi connectivity index (χ3v) is 3.24. The van der Waals surface area contributed by atoms with Crippen LogP contribution in [0.25, 0.3) is 0 Å². The van der Waals surface area contributed by atoms with Crippen LogP contribution in [0.3, 0.4) is 0 Å². The molecular weight excluding hydrogens is 335 g/mol. The van der Waals surface area contributed by atoms with Gasteiger partial charge in [0.1, 0.15) is 5.03 Å². The molecule has 0 atom stereocenters. The number of aromatic nitrogens is 5. The maximum atomic E-state index is 12.6. The van der Waals surface area contributed by atoms with Gasteiger partial charge in [-0.15, -0.1) is 0 Å². The van der Waals surface area contributed by atoms with E-state index in [1.165, 1.54) is 7.05 Å². The van der Waals surface area contributed by atoms with Gasteiger partial charge in [-0.05, 0) is 23.4 Å². The first-order valence-corrected chi connectivity index (χ1v) is 6.33. The number of H-pyrrole nitrogens is 1. The Balaban J connectivity index is 2.45. The fourth-order valence-electron chi connectivity index (χ4n) is 1.24. The van der Waals surface area contributed by atoms with Crippen molar-refractivity contribution in [2.24, 2.45) is 7.05 Å². The molecule has 0 radical (unpaired) electrons. The lowest BCUT2D eigenvalue weighted by molar-refractivity contribution is -0.141. The molecule has 0 spiro atoms. The lowest BCUT2D eigenvalue weighted by Crippen LogP contribution is -2.33. The Morgan fingerprint density at radius 2 is 1.95 bits per heavy atom. The molecule has 12 heteroatoms. The number of nitrogens with one attached hydrogen (secondary N) is 1. The summed E-state index contributed by atoms with van der Waals surface area (Å²) in [5.41, 5.74) is -3.23. The van der Waals surface area contributed by atoms with E-state index in [0.717, 1.165) is 4.68 Å². The number of hydrogen-bond acceptors (Lipinski definition) is 6. The van der Waals surface area contributed by atoms with Crippen molar-refractivity contribution in [1.82, 2.24) is 24.7 Å². The number of alkyl halides is 3. The molecule has 0 amide bonds. The summed E-state index contributed by atoms with van der Waals surface area (Å²) in [4.78, 5) is 32.3. The predicted octanol–water partition coefficient (Wildman–Crippen LogP) is 1.08. The van der Waals surface area contributed by atoms with Crippen LogP contribution in [0, 0.1) is 0 Å². The quantitative estimate of drug-likeness (QED) is 0.500. The van der Waals surface area contributed by atoms with Crippen molar-refractivity contribution >= 4 is 23.4 Å². The Morgan fingerprint density at radius 1 is 1.29 bits per heavy atom. The van der Waals surface area contributed by atoms with Crippen LogP contribution >= 0.6 is 23.4 Å². The summed E-state index contributed by atoms with van der Waals surface area (Å²) in [6.45, 7) is 0. The normalized spacial score (nSPS) is 11.7. The Morgan fingerprint density at radius 3 is 2.57 bits per heavy atom. The summed E-state index contributed by atoms with van der Waals surface area (Å²) >= 11 is 6.06. The zero-order valence-corrected chi connectivity index (χ0v) is 11.7. The summed E-state index contributed by atoms with van der Waals surface area (Å²) in [5, 5.41) is 1.34. The molecule has 0 fully saturated rings. The van der Waals surface area contributed by atoms with Crippen LogP contribution in [-0.2, 0) is 13.2 Å². The van der Waals surface area contributed by atoms with Crippen molar-refractivity contribution in [3.8, 4) is 0 Å². The minimum atomic E-state index is -4.69. The first-order chi connectivity index (χ1) is 9.66. The first kappa shape index (κ1) is 15.5. The van der Waals surface area contributed by atoms with Crippen molar-refractivity contribution < 1.29 is 13.2 Å². The summed E-state index contributed by atoms with van der Waals surface area (Å²) in [5.74, 6) is 0. The molecule has 0 saturated heterocycles. The summed E-state index contributed by atoms with van der Waals surface area (Å²) < 4.78 is 38.9. The van der Waals surface area contributed by atoms with E-state index in [0.29, 0.717) is 17.8 Å². The summed E-state index contributed by atoms with van der Waals surface area (Å²) in [6, 6.07) is 0.661. The van der Waals surface area contributed by atoms with Gasteiger partial charge < -0.3 is 0 Å². The van der Waals surface area contributed by atoms with Crippen molar-refractivity contribution in [2.45, 2.75) is 16.4 Å². The highest BCUT2D eigenvalue weighted by atomic mass is 35.5. The Kier molecular flexibility index (Phi) is 4.05. The minimum Gasteiger partial charge on any atom is -0.265 e. The molecule has 112 valence electrons. The van der Waals surface area contributed by atoms with Crippen LogP contribution in [0.2, 0.25) is 5.28 Å². The van der Waals surface area contributed by atoms with Gasteiger partial charge in [0.25, 0.3) is 0 Å². The highest BCUT2D eigenvalue weighted by Crippen LogP contribution is 2.32. The molecule has 2 aromatic rings. The molecule has 0 aliphatic heterocycles. The van der Waals surface area contributed by atoms with E-state index in [2.05, 4.69) is 20.1 Å². The van der Waals surface area contributed by atoms with E-state index >= 15 is 0 Å². The van der Waals surface area contributed by atoms with Crippen molar-refractivity contribution in [3.63, 3.8) is 0 Å². The third kappa shape index (κ3) is 3.61. The molecule has 0 unspecified atom stereocenters. The van der Waals surface area contributed by atoms with E-state index < -0.39 is 28.3 Å². The number of aromatic amines is 1. The van der Waals surface area contributed by atoms with Gasteiger partial charge in [-0.1, -0.05) is 0 Å². The lowest BCUT2D eigenvalue weighted by Gasteiger charge is -2.08. The van der Waals surface area contributed by atoms with Crippen LogP contribution < -0.4 is 11.1 Å². The molecule has 0 aliphatic carbocycles. The van der Waals surface area contributed by atoms with E-state index in [1.54, 1.807) is 0 Å². The van der Waals surface area contributed by atoms with E-state index in [4.69, 9.17) is 11.6 Å². The predicted molar refractivity (Wildman–Crippen MR) is 66.3 cm³/mol. The zero-order valence-electron chi connectivity index (χ0n) is 10.1. The molecule has 0 aliphatic rings. The van der Waals surface area contributed by atoms with Crippen LogP contribution in [0.5, 0.6) is 0 Å². The van der Waals surface area contributed by atoms with Gasteiger partial charge in [0, 0.05) is 13.1 Å². The molecule has 0 saturated carbocycles. The van der Waals surface area contributed by atoms with E-state index in [1.807, 2.05) is 0 Å². The largest absolute Gasteiger partial charge is 0.433 e. The smallest absolute Gasteiger partial charge is 0.265 e. The average molecular weight is 340 g/mol. The molecule has 21 heavy (non-hydrogen) atoms. The molecule has 7 nitrogen and oxygen atoms in total. The topological polar surface area (TPSA) is 93.5 Å². The molecule has 2 heterocycles. The Bertz CT molecular complexity index is 803. The summed E-state index contributed by atoms with van der Waals surface area (Å²) in [7, 11) is 1.36. The van der Waals surface area contributed by atoms with Gasteiger partial charge in [-0.25, -0.2) is 9.97 Å². The van der Waals surface area contributed by atoms with Gasteiger partial charge in [0.2, 0.25) is 5.28 Å². The van der Waals surface area contributed by atoms with Gasteiger partial charge in [-0.2, -0.15) is 18.2 Å². The fraction of sp³-hybridized carbons (Fsp3) is 0.222. The molecule has 0 bridgehead atoms. The maximum absolute atomic E-state index is 12.6. The molecular formula is C9H5ClF3N5O2S. The van der Waals surface area contributed by atoms with Crippen molar-refractivity contribution in [3.05, 3.63) is 37.8 Å². The highest BCUT2D eigenvalue weighted by molar-refractivity contribution is 7.99. The molecule has 0 aromatic carbocycles. The number of nitrogens with zero attached hydrogens (tertiary/aromatic N) is 4. The Labute approximate surface area is 123 Å². The standard InChI is InChI=1S/C9H5ClF3N5O2S/c1-18-8(16-5(19)6(20)17-18)21-4-2-3(9(11,12)13)14-7(10)15-4/h2H,1H3,(H,17,20). The van der Waals surface area contributed by atoms with Crippen LogP contribution in [-0.4, -0.2) is 24.7 Å². The van der Waals surface area contributed by atoms with Crippen molar-refractivity contribution in [2.75, 3.05) is 0 Å². The van der Waals surface area contributed by atoms with Gasteiger partial charge in [0.15, 0.2) is 10.9 Å². The molecule has 1 N–H and O–H groups in total. The first-order valence-electron chi connectivity index (χ1n) is 5.14. The number of hydrogen-bond donors (Lipinski definition) is 1. The number of rotatable bonds is 2. The SMILES string of the molecule is Cn1[nH]c(=O)c(=O)nc1Sc1cc(C(F)(F)F)nc(Cl)n1. The molecule has 2 rings (SSSR count). The monoisotopic (exact) mass is 339 g/mol. The summed E-state index contributed by atoms with van der Waals surface area (Å²) in [6.07, 6.45) is -4.69. The Hall–Kier alpha value is -1.88.